The molecule has 0 unspecified atom stereocenters. The van der Waals surface area contributed by atoms with Gasteiger partial charge in [-0.05, 0) is 56.0 Å². The number of fused-ring (bicyclic) bond motifs is 3. The highest BCUT2D eigenvalue weighted by molar-refractivity contribution is 5.97. The average molecular weight is 444 g/mol. The number of benzene rings is 1. The van der Waals surface area contributed by atoms with Crippen molar-refractivity contribution in [2.75, 3.05) is 11.9 Å². The van der Waals surface area contributed by atoms with E-state index in [1.807, 2.05) is 48.3 Å². The summed E-state index contributed by atoms with van der Waals surface area (Å²) in [6.45, 7) is 0. The summed E-state index contributed by atoms with van der Waals surface area (Å²) in [5.74, 6) is 0.793. The van der Waals surface area contributed by atoms with Gasteiger partial charge in [0, 0.05) is 48.5 Å². The molecule has 2 aliphatic heterocycles. The number of hydrogen-bond acceptors (Lipinski definition) is 6. The van der Waals surface area contributed by atoms with E-state index >= 15 is 0 Å². The molecule has 2 saturated heterocycles. The van der Waals surface area contributed by atoms with Crippen LogP contribution in [-0.4, -0.2) is 71.4 Å². The molecule has 3 aromatic heterocycles. The SMILES string of the molecule is CN(c1ccc(-c2ccc(-n3cccn3)c3cn[nH]c23)nn1)[C@H]1C[C@H]2CC[C@@H](C1)N2C(=O)O. The number of hydrogen-bond donors (Lipinski definition) is 2. The van der Waals surface area contributed by atoms with Crippen LogP contribution < -0.4 is 4.90 Å². The van der Waals surface area contributed by atoms with E-state index < -0.39 is 6.09 Å². The van der Waals surface area contributed by atoms with Crippen molar-refractivity contribution in [3.63, 3.8) is 0 Å². The highest BCUT2D eigenvalue weighted by Gasteiger charge is 2.44. The summed E-state index contributed by atoms with van der Waals surface area (Å²) in [5, 5.41) is 31.1. The molecule has 2 fully saturated rings. The molecule has 0 spiro atoms. The summed E-state index contributed by atoms with van der Waals surface area (Å²) < 4.78 is 1.81. The second kappa shape index (κ2) is 7.58. The van der Waals surface area contributed by atoms with Gasteiger partial charge < -0.3 is 14.9 Å². The number of carbonyl (C=O) groups is 1. The predicted molar refractivity (Wildman–Crippen MR) is 122 cm³/mol. The van der Waals surface area contributed by atoms with E-state index in [1.54, 1.807) is 17.3 Å². The quantitative estimate of drug-likeness (QED) is 0.496. The van der Waals surface area contributed by atoms with Crippen LogP contribution >= 0.6 is 0 Å². The van der Waals surface area contributed by atoms with Gasteiger partial charge in [-0.25, -0.2) is 9.48 Å². The maximum absolute atomic E-state index is 11.6. The molecular weight excluding hydrogens is 420 g/mol. The lowest BCUT2D eigenvalue weighted by Crippen LogP contribution is -2.51. The average Bonchev–Trinajstić information content (AvgIpc) is 3.58. The van der Waals surface area contributed by atoms with E-state index in [9.17, 15) is 9.90 Å². The van der Waals surface area contributed by atoms with E-state index in [2.05, 4.69) is 30.4 Å². The number of rotatable bonds is 4. The van der Waals surface area contributed by atoms with E-state index in [-0.39, 0.29) is 18.1 Å². The molecule has 6 rings (SSSR count). The molecule has 10 nitrogen and oxygen atoms in total. The van der Waals surface area contributed by atoms with Crippen LogP contribution in [0.1, 0.15) is 25.7 Å². The molecule has 168 valence electrons. The number of anilines is 1. The van der Waals surface area contributed by atoms with Crippen LogP contribution in [0.25, 0.3) is 27.8 Å². The first-order valence-electron chi connectivity index (χ1n) is 11.1. The van der Waals surface area contributed by atoms with Crippen LogP contribution in [-0.2, 0) is 0 Å². The maximum atomic E-state index is 11.6. The van der Waals surface area contributed by atoms with Crippen molar-refractivity contribution in [3.05, 3.63) is 48.9 Å². The normalized spacial score (nSPS) is 22.1. The second-order valence-corrected chi connectivity index (χ2v) is 8.83. The first kappa shape index (κ1) is 19.7. The highest BCUT2D eigenvalue weighted by atomic mass is 16.4. The van der Waals surface area contributed by atoms with Gasteiger partial charge in [0.2, 0.25) is 0 Å². The van der Waals surface area contributed by atoms with Crippen LogP contribution in [0, 0.1) is 0 Å². The topological polar surface area (TPSA) is 116 Å². The van der Waals surface area contributed by atoms with Crippen LogP contribution in [0.2, 0.25) is 0 Å². The Morgan fingerprint density at radius 2 is 1.97 bits per heavy atom. The molecule has 1 amide bonds. The smallest absolute Gasteiger partial charge is 0.407 e. The van der Waals surface area contributed by atoms with Crippen LogP contribution in [0.4, 0.5) is 10.6 Å². The Morgan fingerprint density at radius 1 is 1.15 bits per heavy atom. The summed E-state index contributed by atoms with van der Waals surface area (Å²) in [5.41, 5.74) is 3.51. The van der Waals surface area contributed by atoms with Gasteiger partial charge in [0.1, 0.15) is 0 Å². The molecule has 1 aromatic carbocycles. The third-order valence-corrected chi connectivity index (χ3v) is 7.11. The van der Waals surface area contributed by atoms with Gasteiger partial charge in [-0.3, -0.25) is 5.10 Å². The van der Waals surface area contributed by atoms with Gasteiger partial charge in [0.15, 0.2) is 5.82 Å². The minimum atomic E-state index is -0.795. The highest BCUT2D eigenvalue weighted by Crippen LogP contribution is 2.38. The Morgan fingerprint density at radius 3 is 2.64 bits per heavy atom. The van der Waals surface area contributed by atoms with Crippen LogP contribution in [0.5, 0.6) is 0 Å². The van der Waals surface area contributed by atoms with Crippen molar-refractivity contribution in [2.45, 2.75) is 43.8 Å². The fourth-order valence-electron chi connectivity index (χ4n) is 5.47. The van der Waals surface area contributed by atoms with Crippen molar-refractivity contribution in [1.29, 1.82) is 0 Å². The molecule has 10 heteroatoms. The number of carboxylic acid groups (broad SMARTS) is 1. The predicted octanol–water partition coefficient (Wildman–Crippen LogP) is 3.32. The largest absolute Gasteiger partial charge is 0.465 e. The van der Waals surface area contributed by atoms with E-state index in [0.717, 1.165) is 59.3 Å². The van der Waals surface area contributed by atoms with Gasteiger partial charge in [-0.2, -0.15) is 10.2 Å². The number of H-pyrrole nitrogens is 1. The minimum Gasteiger partial charge on any atom is -0.465 e. The van der Waals surface area contributed by atoms with E-state index in [4.69, 9.17) is 0 Å². The zero-order valence-electron chi connectivity index (χ0n) is 18.2. The maximum Gasteiger partial charge on any atom is 0.407 e. The summed E-state index contributed by atoms with van der Waals surface area (Å²) in [7, 11) is 2.02. The molecule has 33 heavy (non-hydrogen) atoms. The fourth-order valence-corrected chi connectivity index (χ4v) is 5.47. The molecule has 2 bridgehead atoms. The Labute approximate surface area is 189 Å². The van der Waals surface area contributed by atoms with E-state index in [1.165, 1.54) is 0 Å². The summed E-state index contributed by atoms with van der Waals surface area (Å²) in [4.78, 5) is 15.4. The van der Waals surface area contributed by atoms with E-state index in [0.29, 0.717) is 0 Å². The Hall–Kier alpha value is -3.95. The monoisotopic (exact) mass is 444 g/mol. The Kier molecular flexibility index (Phi) is 4.53. The zero-order valence-corrected chi connectivity index (χ0v) is 18.2. The van der Waals surface area contributed by atoms with Gasteiger partial charge >= 0.3 is 6.09 Å². The molecule has 2 N–H and O–H groups in total. The lowest BCUT2D eigenvalue weighted by molar-refractivity contribution is 0.0965. The fraction of sp³-hybridized carbons (Fsp3) is 0.348. The molecule has 2 aliphatic rings. The van der Waals surface area contributed by atoms with Gasteiger partial charge in [0.25, 0.3) is 0 Å². The number of nitrogens with zero attached hydrogens (tertiary/aromatic N) is 7. The zero-order chi connectivity index (χ0) is 22.5. The van der Waals surface area contributed by atoms with Gasteiger partial charge in [-0.1, -0.05) is 0 Å². The van der Waals surface area contributed by atoms with Crippen LogP contribution in [0.15, 0.2) is 48.9 Å². The lowest BCUT2D eigenvalue weighted by Gasteiger charge is -2.41. The summed E-state index contributed by atoms with van der Waals surface area (Å²) in [6.07, 6.45) is 8.19. The minimum absolute atomic E-state index is 0.0999. The van der Waals surface area contributed by atoms with Crippen molar-refractivity contribution in [3.8, 4) is 16.9 Å². The number of amides is 1. The molecular formula is C23H24N8O2. The third kappa shape index (κ3) is 3.21. The first-order valence-corrected chi connectivity index (χ1v) is 11.1. The number of aromatic amines is 1. The van der Waals surface area contributed by atoms with Crippen LogP contribution in [0.3, 0.4) is 0 Å². The second-order valence-electron chi connectivity index (χ2n) is 8.83. The third-order valence-electron chi connectivity index (χ3n) is 7.11. The molecule has 4 aromatic rings. The standard InChI is InChI=1S/C23H24N8O2/c1-29(16-11-14-3-4-15(12-16)31(14)23(32)33)21-8-6-19(26-27-21)17-5-7-20(30-10-2-9-25-30)18-13-24-28-22(17)18/h2,5-10,13-16H,3-4,11-12H2,1H3,(H,24,28)(H,32,33)/t14-,15+,16+. The lowest BCUT2D eigenvalue weighted by atomic mass is 9.96. The molecule has 0 aliphatic carbocycles. The molecule has 5 heterocycles. The Balaban J connectivity index is 1.25. The molecule has 0 saturated carbocycles. The van der Waals surface area contributed by atoms with Crippen molar-refractivity contribution < 1.29 is 9.90 Å². The summed E-state index contributed by atoms with van der Waals surface area (Å²) in [6, 6.07) is 10.3. The first-order chi connectivity index (χ1) is 16.1. The number of piperidine rings is 1. The Bertz CT molecular complexity index is 1290. The van der Waals surface area contributed by atoms with Gasteiger partial charge in [-0.15, -0.1) is 10.2 Å². The van der Waals surface area contributed by atoms with Crippen molar-refractivity contribution >= 4 is 22.8 Å². The van der Waals surface area contributed by atoms with Gasteiger partial charge in [0.05, 0.1) is 23.1 Å². The molecule has 3 atom stereocenters. The summed E-state index contributed by atoms with van der Waals surface area (Å²) >= 11 is 0. The van der Waals surface area contributed by atoms with Crippen molar-refractivity contribution in [2.24, 2.45) is 0 Å². The number of aromatic nitrogens is 6. The molecule has 0 radical (unpaired) electrons. The number of nitrogens with one attached hydrogen (secondary N) is 1. The van der Waals surface area contributed by atoms with Crippen molar-refractivity contribution in [1.82, 2.24) is 35.1 Å².